The summed E-state index contributed by atoms with van der Waals surface area (Å²) in [4.78, 5) is 12.1. The summed E-state index contributed by atoms with van der Waals surface area (Å²) in [6, 6.07) is 7.29. The first-order valence-corrected chi connectivity index (χ1v) is 6.62. The van der Waals surface area contributed by atoms with E-state index in [0.717, 1.165) is 24.8 Å². The number of benzene rings is 1. The number of esters is 1. The summed E-state index contributed by atoms with van der Waals surface area (Å²) < 4.78 is 5.49. The molecule has 18 heavy (non-hydrogen) atoms. The van der Waals surface area contributed by atoms with E-state index in [4.69, 9.17) is 9.84 Å². The average molecular weight is 250 g/mol. The molecule has 0 saturated heterocycles. The van der Waals surface area contributed by atoms with E-state index in [1.807, 2.05) is 25.1 Å². The molecule has 0 aromatic heterocycles. The maximum absolute atomic E-state index is 12.1. The van der Waals surface area contributed by atoms with Crippen molar-refractivity contribution < 1.29 is 14.6 Å². The Bertz CT molecular complexity index is 374. The van der Waals surface area contributed by atoms with Crippen LogP contribution in [0.1, 0.15) is 49.0 Å². The van der Waals surface area contributed by atoms with E-state index in [-0.39, 0.29) is 18.7 Å². The second-order valence-electron chi connectivity index (χ2n) is 4.35. The molecular weight excluding hydrogens is 228 g/mol. The van der Waals surface area contributed by atoms with E-state index >= 15 is 0 Å². The molecule has 0 heterocycles. The van der Waals surface area contributed by atoms with E-state index in [9.17, 15) is 4.79 Å². The summed E-state index contributed by atoms with van der Waals surface area (Å²) >= 11 is 0. The van der Waals surface area contributed by atoms with E-state index < -0.39 is 0 Å². The first-order valence-electron chi connectivity index (χ1n) is 6.62. The summed E-state index contributed by atoms with van der Waals surface area (Å²) in [6.07, 6.45) is 3.20. The van der Waals surface area contributed by atoms with Crippen LogP contribution < -0.4 is 0 Å². The van der Waals surface area contributed by atoms with Gasteiger partial charge in [0.05, 0.1) is 5.56 Å². The molecule has 0 spiro atoms. The van der Waals surface area contributed by atoms with Crippen molar-refractivity contribution in [1.82, 2.24) is 0 Å². The Kier molecular flexibility index (Phi) is 6.44. The Morgan fingerprint density at radius 3 is 2.67 bits per heavy atom. The lowest BCUT2D eigenvalue weighted by Crippen LogP contribution is -2.18. The zero-order valence-corrected chi connectivity index (χ0v) is 11.2. The number of aliphatic hydroxyl groups is 1. The molecular formula is C15H22O3. The van der Waals surface area contributed by atoms with Crippen molar-refractivity contribution in [3.8, 4) is 0 Å². The Hall–Kier alpha value is -1.35. The van der Waals surface area contributed by atoms with Gasteiger partial charge in [-0.15, -0.1) is 0 Å². The van der Waals surface area contributed by atoms with Gasteiger partial charge in [0, 0.05) is 6.61 Å². The number of aliphatic hydroxyl groups excluding tert-OH is 1. The summed E-state index contributed by atoms with van der Waals surface area (Å²) in [6.45, 7) is 4.14. The van der Waals surface area contributed by atoms with E-state index in [1.54, 1.807) is 6.07 Å². The van der Waals surface area contributed by atoms with E-state index in [1.165, 1.54) is 0 Å². The zero-order chi connectivity index (χ0) is 13.4. The van der Waals surface area contributed by atoms with Crippen LogP contribution in [0.25, 0.3) is 0 Å². The molecule has 3 nitrogen and oxygen atoms in total. The highest BCUT2D eigenvalue weighted by Crippen LogP contribution is 2.14. The molecule has 100 valence electrons. The van der Waals surface area contributed by atoms with Crippen molar-refractivity contribution in [2.45, 2.75) is 45.6 Å². The number of hydrogen-bond acceptors (Lipinski definition) is 3. The Morgan fingerprint density at radius 2 is 2.06 bits per heavy atom. The standard InChI is InChI=1S/C15H22O3/c1-3-7-13(4-2)18-15(17)14-9-6-5-8-12(14)10-11-16/h5-6,8-9,13,16H,3-4,7,10-11H2,1-2H3. The molecule has 1 N–H and O–H groups in total. The Labute approximate surface area is 109 Å². The van der Waals surface area contributed by atoms with Crippen molar-refractivity contribution in [2.24, 2.45) is 0 Å². The van der Waals surface area contributed by atoms with Gasteiger partial charge in [-0.3, -0.25) is 0 Å². The van der Waals surface area contributed by atoms with E-state index in [2.05, 4.69) is 6.92 Å². The third kappa shape index (κ3) is 4.15. The molecule has 1 atom stereocenters. The highest BCUT2D eigenvalue weighted by molar-refractivity contribution is 5.91. The van der Waals surface area contributed by atoms with Crippen LogP contribution in [0.3, 0.4) is 0 Å². The van der Waals surface area contributed by atoms with Crippen molar-refractivity contribution in [1.29, 1.82) is 0 Å². The van der Waals surface area contributed by atoms with Crippen molar-refractivity contribution in [2.75, 3.05) is 6.61 Å². The summed E-state index contributed by atoms with van der Waals surface area (Å²) in [7, 11) is 0. The number of hydrogen-bond donors (Lipinski definition) is 1. The van der Waals surface area contributed by atoms with Gasteiger partial charge in [0.2, 0.25) is 0 Å². The summed E-state index contributed by atoms with van der Waals surface area (Å²) in [5, 5.41) is 8.99. The van der Waals surface area contributed by atoms with Gasteiger partial charge < -0.3 is 9.84 Å². The molecule has 0 aliphatic carbocycles. The minimum Gasteiger partial charge on any atom is -0.459 e. The first-order chi connectivity index (χ1) is 8.72. The van der Waals surface area contributed by atoms with Gasteiger partial charge in [-0.1, -0.05) is 38.5 Å². The highest BCUT2D eigenvalue weighted by atomic mass is 16.5. The largest absolute Gasteiger partial charge is 0.459 e. The molecule has 3 heteroatoms. The van der Waals surface area contributed by atoms with Crippen LogP contribution in [-0.4, -0.2) is 23.8 Å². The minimum atomic E-state index is -0.278. The van der Waals surface area contributed by atoms with Gasteiger partial charge in [-0.05, 0) is 30.9 Å². The van der Waals surface area contributed by atoms with Crippen LogP contribution in [0, 0.1) is 0 Å². The second-order valence-corrected chi connectivity index (χ2v) is 4.35. The average Bonchev–Trinajstić information content (AvgIpc) is 2.39. The smallest absolute Gasteiger partial charge is 0.338 e. The van der Waals surface area contributed by atoms with Crippen LogP contribution in [0.5, 0.6) is 0 Å². The summed E-state index contributed by atoms with van der Waals surface area (Å²) in [5.41, 5.74) is 1.41. The van der Waals surface area contributed by atoms with Gasteiger partial charge >= 0.3 is 5.97 Å². The molecule has 1 aromatic carbocycles. The third-order valence-electron chi connectivity index (χ3n) is 2.96. The third-order valence-corrected chi connectivity index (χ3v) is 2.96. The minimum absolute atomic E-state index is 0.00955. The number of rotatable bonds is 7. The van der Waals surface area contributed by atoms with Crippen LogP contribution in [0.4, 0.5) is 0 Å². The molecule has 0 saturated carbocycles. The fourth-order valence-electron chi connectivity index (χ4n) is 1.94. The van der Waals surface area contributed by atoms with Crippen LogP contribution in [0.2, 0.25) is 0 Å². The van der Waals surface area contributed by atoms with Crippen molar-refractivity contribution in [3.63, 3.8) is 0 Å². The van der Waals surface area contributed by atoms with Crippen LogP contribution >= 0.6 is 0 Å². The van der Waals surface area contributed by atoms with Crippen LogP contribution in [-0.2, 0) is 11.2 Å². The van der Waals surface area contributed by atoms with Crippen LogP contribution in [0.15, 0.2) is 24.3 Å². The molecule has 0 radical (unpaired) electrons. The van der Waals surface area contributed by atoms with E-state index in [0.29, 0.717) is 12.0 Å². The van der Waals surface area contributed by atoms with Crippen molar-refractivity contribution >= 4 is 5.97 Å². The Balaban J connectivity index is 2.76. The van der Waals surface area contributed by atoms with Gasteiger partial charge in [-0.25, -0.2) is 4.79 Å². The second kappa shape index (κ2) is 7.88. The lowest BCUT2D eigenvalue weighted by atomic mass is 10.0. The molecule has 0 amide bonds. The molecule has 0 aliphatic heterocycles. The summed E-state index contributed by atoms with van der Waals surface area (Å²) in [5.74, 6) is -0.278. The zero-order valence-electron chi connectivity index (χ0n) is 11.2. The number of carbonyl (C=O) groups is 1. The topological polar surface area (TPSA) is 46.5 Å². The highest BCUT2D eigenvalue weighted by Gasteiger charge is 2.16. The SMILES string of the molecule is CCCC(CC)OC(=O)c1ccccc1CCO. The molecule has 1 unspecified atom stereocenters. The van der Waals surface area contributed by atoms with Gasteiger partial charge in [-0.2, -0.15) is 0 Å². The molecule has 1 rings (SSSR count). The monoisotopic (exact) mass is 250 g/mol. The fraction of sp³-hybridized carbons (Fsp3) is 0.533. The lowest BCUT2D eigenvalue weighted by molar-refractivity contribution is 0.0270. The molecule has 0 fully saturated rings. The predicted molar refractivity (Wildman–Crippen MR) is 71.6 cm³/mol. The quantitative estimate of drug-likeness (QED) is 0.757. The fourth-order valence-corrected chi connectivity index (χ4v) is 1.94. The molecule has 0 bridgehead atoms. The van der Waals surface area contributed by atoms with Crippen molar-refractivity contribution in [3.05, 3.63) is 35.4 Å². The van der Waals surface area contributed by atoms with Gasteiger partial charge in [0.15, 0.2) is 0 Å². The van der Waals surface area contributed by atoms with Gasteiger partial charge in [0.25, 0.3) is 0 Å². The first kappa shape index (κ1) is 14.7. The maximum atomic E-state index is 12.1. The lowest BCUT2D eigenvalue weighted by Gasteiger charge is -2.16. The Morgan fingerprint density at radius 1 is 1.33 bits per heavy atom. The number of ether oxygens (including phenoxy) is 1. The molecule has 0 aliphatic rings. The maximum Gasteiger partial charge on any atom is 0.338 e. The normalized spacial score (nSPS) is 12.2. The predicted octanol–water partition coefficient (Wildman–Crippen LogP) is 2.96. The van der Waals surface area contributed by atoms with Gasteiger partial charge in [0.1, 0.15) is 6.10 Å². The molecule has 1 aromatic rings. The number of carbonyl (C=O) groups excluding carboxylic acids is 1.